The fourth-order valence-electron chi connectivity index (χ4n) is 11.7. The topological polar surface area (TPSA) is 21.3 Å². The van der Waals surface area contributed by atoms with E-state index in [1.807, 2.05) is 11.3 Å². The quantitative estimate of drug-likeness (QED) is 0.154. The molecule has 290 valence electrons. The summed E-state index contributed by atoms with van der Waals surface area (Å²) in [7, 11) is 0. The summed E-state index contributed by atoms with van der Waals surface area (Å²) in [4.78, 5) is 2.70. The van der Waals surface area contributed by atoms with Crippen LogP contribution >= 0.6 is 11.3 Å². The lowest BCUT2D eigenvalue weighted by Gasteiger charge is -2.43. The van der Waals surface area contributed by atoms with E-state index in [9.17, 15) is 0 Å². The van der Waals surface area contributed by atoms with Gasteiger partial charge in [0.2, 0.25) is 0 Å². The minimum absolute atomic E-state index is 0.0421. The van der Waals surface area contributed by atoms with Gasteiger partial charge in [-0.05, 0) is 123 Å². The number of para-hydroxylation sites is 1. The second-order valence-corrected chi connectivity index (χ2v) is 20.4. The molecule has 3 aliphatic rings. The summed E-state index contributed by atoms with van der Waals surface area (Å²) < 4.78 is 11.9. The molecule has 0 N–H and O–H groups in total. The van der Waals surface area contributed by atoms with Gasteiger partial charge in [-0.15, -0.1) is 11.3 Å². The number of furan rings is 1. The summed E-state index contributed by atoms with van der Waals surface area (Å²) in [6.07, 6.45) is 0. The average molecular weight is 801 g/mol. The summed E-state index contributed by atoms with van der Waals surface area (Å²) >= 11 is 1.91. The van der Waals surface area contributed by atoms with Gasteiger partial charge in [0.1, 0.15) is 11.2 Å². The molecule has 11 aromatic rings. The molecule has 1 aliphatic carbocycles. The molecule has 0 fully saturated rings. The fourth-order valence-corrected chi connectivity index (χ4v) is 12.9. The molecule has 8 aromatic carbocycles. The van der Waals surface area contributed by atoms with Crippen LogP contribution in [0.15, 0.2) is 144 Å². The van der Waals surface area contributed by atoms with Crippen LogP contribution < -0.4 is 15.7 Å². The normalized spacial score (nSPS) is 14.8. The van der Waals surface area contributed by atoms with E-state index < -0.39 is 0 Å². The summed E-state index contributed by atoms with van der Waals surface area (Å²) in [5.74, 6) is 0. The zero-order valence-corrected chi connectivity index (χ0v) is 35.9. The van der Waals surface area contributed by atoms with Crippen LogP contribution in [0.2, 0.25) is 0 Å². The predicted molar refractivity (Wildman–Crippen MR) is 261 cm³/mol. The van der Waals surface area contributed by atoms with E-state index in [2.05, 4.69) is 190 Å². The Balaban J connectivity index is 1.18. The highest BCUT2D eigenvalue weighted by molar-refractivity contribution is 7.26. The van der Waals surface area contributed by atoms with Crippen LogP contribution in [0.25, 0.3) is 91.9 Å². The minimum Gasteiger partial charge on any atom is -0.456 e. The van der Waals surface area contributed by atoms with Crippen molar-refractivity contribution in [1.82, 2.24) is 4.57 Å². The molecule has 3 aromatic heterocycles. The first-order valence-corrected chi connectivity index (χ1v) is 22.4. The van der Waals surface area contributed by atoms with Crippen molar-refractivity contribution >= 4 is 104 Å². The molecule has 5 heterocycles. The highest BCUT2D eigenvalue weighted by atomic mass is 32.1. The lowest BCUT2D eigenvalue weighted by molar-refractivity contribution is 0.590. The van der Waals surface area contributed by atoms with Gasteiger partial charge >= 0.3 is 6.85 Å². The number of benzene rings is 8. The standard InChI is InChI=1S/C56H41BN2OS/c1-30-23-40-37-24-43-36(33-13-7-10-16-42(33)56(43,5)6)25-46(37)59(32-21-19-31(20-22-32)55(2,3)4)57-44-29-51-39(35-15-9-12-18-50(35)61-51)27-47(44)58-45-26-38-34-14-8-11-17-48(34)60-49(38)28-41(45)52(30)54(58)53(40)57/h7-29H,1-6H3. The molecular formula is C56H41BN2OS. The average Bonchev–Trinajstić information content (AvgIpc) is 3.98. The Bertz CT molecular complexity index is 3800. The van der Waals surface area contributed by atoms with Gasteiger partial charge in [-0.2, -0.15) is 0 Å². The summed E-state index contributed by atoms with van der Waals surface area (Å²) in [5, 5.41) is 7.48. The van der Waals surface area contributed by atoms with Gasteiger partial charge in [-0.1, -0.05) is 113 Å². The minimum atomic E-state index is -0.126. The maximum absolute atomic E-state index is 6.61. The Labute approximate surface area is 358 Å². The Morgan fingerprint density at radius 2 is 1.36 bits per heavy atom. The van der Waals surface area contributed by atoms with Crippen LogP contribution in [0.5, 0.6) is 0 Å². The van der Waals surface area contributed by atoms with Gasteiger partial charge in [0.25, 0.3) is 0 Å². The van der Waals surface area contributed by atoms with Crippen molar-refractivity contribution in [2.45, 2.75) is 52.4 Å². The molecule has 0 atom stereocenters. The molecule has 0 saturated carbocycles. The third kappa shape index (κ3) is 4.25. The van der Waals surface area contributed by atoms with E-state index in [-0.39, 0.29) is 17.7 Å². The Kier molecular flexibility index (Phi) is 6.29. The highest BCUT2D eigenvalue weighted by Crippen LogP contribution is 2.55. The lowest BCUT2D eigenvalue weighted by atomic mass is 9.43. The second-order valence-electron chi connectivity index (χ2n) is 19.3. The van der Waals surface area contributed by atoms with E-state index >= 15 is 0 Å². The van der Waals surface area contributed by atoms with Crippen LogP contribution in [-0.4, -0.2) is 11.4 Å². The molecule has 2 aliphatic heterocycles. The molecule has 5 heteroatoms. The molecule has 0 radical (unpaired) electrons. The number of hydrogen-bond acceptors (Lipinski definition) is 3. The number of anilines is 2. The van der Waals surface area contributed by atoms with E-state index in [0.717, 1.165) is 21.9 Å². The maximum atomic E-state index is 6.61. The first-order chi connectivity index (χ1) is 29.5. The third-order valence-corrected chi connectivity index (χ3v) is 15.8. The highest BCUT2D eigenvalue weighted by Gasteiger charge is 2.46. The van der Waals surface area contributed by atoms with Crippen molar-refractivity contribution in [1.29, 1.82) is 0 Å². The first kappa shape index (κ1) is 34.2. The summed E-state index contributed by atoms with van der Waals surface area (Å²) in [6, 6.07) is 53.4. The molecule has 14 rings (SSSR count). The maximum Gasteiger partial charge on any atom is 0.333 e. The first-order valence-electron chi connectivity index (χ1n) is 21.6. The fraction of sp³-hybridized carbons (Fsp3) is 0.143. The third-order valence-electron chi connectivity index (χ3n) is 14.6. The van der Waals surface area contributed by atoms with E-state index in [1.54, 1.807) is 0 Å². The number of aryl methyl sites for hydroxylation is 1. The molecule has 0 amide bonds. The molecule has 0 bridgehead atoms. The number of thiophene rings is 1. The Hall–Kier alpha value is -6.56. The largest absolute Gasteiger partial charge is 0.456 e. The van der Waals surface area contributed by atoms with Crippen molar-refractivity contribution in [3.8, 4) is 27.9 Å². The Morgan fingerprint density at radius 1 is 0.590 bits per heavy atom. The van der Waals surface area contributed by atoms with Crippen molar-refractivity contribution in [3.63, 3.8) is 0 Å². The van der Waals surface area contributed by atoms with Gasteiger partial charge in [0.05, 0.1) is 11.0 Å². The number of fused-ring (bicyclic) bond motifs is 17. The van der Waals surface area contributed by atoms with Gasteiger partial charge < -0.3 is 13.8 Å². The number of hydrogen-bond donors (Lipinski definition) is 0. The SMILES string of the molecule is Cc1cc2c3c4c1c1cc5oc6ccccc6c5cc1n4-c1cc4c(cc1B3N(c1ccc(C(C)(C)C)cc1)c1cc3c(cc1-2)C(C)(C)c1ccccc1-3)sc1ccccc14. The lowest BCUT2D eigenvalue weighted by Crippen LogP contribution is -2.60. The monoisotopic (exact) mass is 800 g/mol. The van der Waals surface area contributed by atoms with Crippen LogP contribution in [0.3, 0.4) is 0 Å². The van der Waals surface area contributed by atoms with Crippen LogP contribution in [0.4, 0.5) is 11.4 Å². The van der Waals surface area contributed by atoms with Crippen LogP contribution in [-0.2, 0) is 10.8 Å². The van der Waals surface area contributed by atoms with Crippen molar-refractivity contribution < 1.29 is 4.42 Å². The zero-order chi connectivity index (χ0) is 40.8. The van der Waals surface area contributed by atoms with Crippen molar-refractivity contribution in [3.05, 3.63) is 162 Å². The van der Waals surface area contributed by atoms with E-state index in [0.29, 0.717) is 0 Å². The molecule has 3 nitrogen and oxygen atoms in total. The van der Waals surface area contributed by atoms with Gasteiger partial charge in [-0.3, -0.25) is 0 Å². The number of rotatable bonds is 1. The second kappa shape index (κ2) is 11.2. The van der Waals surface area contributed by atoms with Gasteiger partial charge in [-0.25, -0.2) is 0 Å². The zero-order valence-electron chi connectivity index (χ0n) is 35.1. The Morgan fingerprint density at radius 3 is 2.20 bits per heavy atom. The van der Waals surface area contributed by atoms with E-state index in [1.165, 1.54) is 114 Å². The molecular weight excluding hydrogens is 760 g/mol. The summed E-state index contributed by atoms with van der Waals surface area (Å²) in [6.45, 7) is 14.0. The molecule has 0 unspecified atom stereocenters. The number of aromatic nitrogens is 1. The van der Waals surface area contributed by atoms with Gasteiger partial charge in [0.15, 0.2) is 0 Å². The molecule has 0 spiro atoms. The van der Waals surface area contributed by atoms with Crippen LogP contribution in [0, 0.1) is 6.92 Å². The predicted octanol–water partition coefficient (Wildman–Crippen LogP) is 14.2. The summed E-state index contributed by atoms with van der Waals surface area (Å²) in [5.41, 5.74) is 21.5. The van der Waals surface area contributed by atoms with Crippen molar-refractivity contribution in [2.24, 2.45) is 0 Å². The smallest absolute Gasteiger partial charge is 0.333 e. The molecule has 0 saturated heterocycles. The van der Waals surface area contributed by atoms with Crippen molar-refractivity contribution in [2.75, 3.05) is 4.81 Å². The molecule has 61 heavy (non-hydrogen) atoms. The van der Waals surface area contributed by atoms with Gasteiger partial charge in [0, 0.05) is 69.8 Å². The van der Waals surface area contributed by atoms with E-state index in [4.69, 9.17) is 4.42 Å². The number of nitrogens with zero attached hydrogens (tertiary/aromatic N) is 2. The van der Waals surface area contributed by atoms with Crippen LogP contribution in [0.1, 0.15) is 56.9 Å².